The molecule has 1 aliphatic heterocycles. The minimum atomic E-state index is 0.858. The second-order valence-electron chi connectivity index (χ2n) is 5.64. The van der Waals surface area contributed by atoms with Gasteiger partial charge in [0.1, 0.15) is 0 Å². The monoisotopic (exact) mass is 208 g/mol. The van der Waals surface area contributed by atoms with E-state index in [9.17, 15) is 0 Å². The number of nitrogens with zero attached hydrogens (tertiary/aromatic N) is 1. The van der Waals surface area contributed by atoms with E-state index in [2.05, 4.69) is 17.1 Å². The predicted molar refractivity (Wildman–Crippen MR) is 62.6 cm³/mol. The standard InChI is InChI=1S/C13H24N2/c1-2-15-9-14-11-7-3-5-10-6-4-8-12(15)13(10)11/h10-14H,2-9H2,1H3. The molecule has 4 atom stereocenters. The lowest BCUT2D eigenvalue weighted by molar-refractivity contribution is -0.0241. The average Bonchev–Trinajstić information content (AvgIpc) is 2.30. The van der Waals surface area contributed by atoms with Crippen molar-refractivity contribution in [3.63, 3.8) is 0 Å². The van der Waals surface area contributed by atoms with Crippen LogP contribution in [0.3, 0.4) is 0 Å². The highest BCUT2D eigenvalue weighted by Gasteiger charge is 2.44. The number of rotatable bonds is 1. The van der Waals surface area contributed by atoms with Crippen molar-refractivity contribution in [2.75, 3.05) is 13.2 Å². The van der Waals surface area contributed by atoms with Gasteiger partial charge in [0.15, 0.2) is 0 Å². The fourth-order valence-electron chi connectivity index (χ4n) is 4.38. The van der Waals surface area contributed by atoms with Gasteiger partial charge in [-0.3, -0.25) is 4.90 Å². The molecule has 3 aliphatic rings. The summed E-state index contributed by atoms with van der Waals surface area (Å²) in [4.78, 5) is 2.68. The topological polar surface area (TPSA) is 15.3 Å². The maximum Gasteiger partial charge on any atom is 0.0485 e. The predicted octanol–water partition coefficient (Wildman–Crippen LogP) is 2.21. The molecular formula is C13H24N2. The second-order valence-corrected chi connectivity index (χ2v) is 5.64. The number of nitrogens with one attached hydrogen (secondary N) is 1. The summed E-state index contributed by atoms with van der Waals surface area (Å²) in [6.45, 7) is 4.69. The van der Waals surface area contributed by atoms with Gasteiger partial charge in [0.05, 0.1) is 0 Å². The molecule has 1 N–H and O–H groups in total. The van der Waals surface area contributed by atoms with E-state index in [-0.39, 0.29) is 0 Å². The van der Waals surface area contributed by atoms with Crippen molar-refractivity contribution in [2.24, 2.45) is 11.8 Å². The number of hydrogen-bond acceptors (Lipinski definition) is 2. The fourth-order valence-corrected chi connectivity index (χ4v) is 4.38. The molecule has 0 aromatic heterocycles. The zero-order chi connectivity index (χ0) is 10.3. The molecule has 0 spiro atoms. The molecule has 2 nitrogen and oxygen atoms in total. The lowest BCUT2D eigenvalue weighted by atomic mass is 9.65. The van der Waals surface area contributed by atoms with Gasteiger partial charge in [-0.15, -0.1) is 0 Å². The highest BCUT2D eigenvalue weighted by Crippen LogP contribution is 2.44. The molecule has 2 saturated carbocycles. The first-order valence-electron chi connectivity index (χ1n) is 6.87. The summed E-state index contributed by atoms with van der Waals surface area (Å²) < 4.78 is 0. The first kappa shape index (κ1) is 10.1. The van der Waals surface area contributed by atoms with Crippen molar-refractivity contribution >= 4 is 0 Å². The van der Waals surface area contributed by atoms with Crippen LogP contribution in [0.15, 0.2) is 0 Å². The van der Waals surface area contributed by atoms with Gasteiger partial charge in [-0.05, 0) is 31.2 Å². The molecule has 0 aromatic carbocycles. The molecular weight excluding hydrogens is 184 g/mol. The molecule has 4 unspecified atom stereocenters. The molecule has 1 heterocycles. The molecule has 0 amide bonds. The van der Waals surface area contributed by atoms with Gasteiger partial charge in [-0.2, -0.15) is 0 Å². The van der Waals surface area contributed by atoms with Crippen LogP contribution in [0.25, 0.3) is 0 Å². The third kappa shape index (κ3) is 1.62. The summed E-state index contributed by atoms with van der Waals surface area (Å²) in [5.74, 6) is 2.03. The van der Waals surface area contributed by atoms with E-state index >= 15 is 0 Å². The molecule has 1 saturated heterocycles. The quantitative estimate of drug-likeness (QED) is 0.711. The average molecular weight is 208 g/mol. The van der Waals surface area contributed by atoms with E-state index in [0.717, 1.165) is 30.6 Å². The SMILES string of the molecule is CCN1CNC2CCCC3CCCC1C32. The van der Waals surface area contributed by atoms with E-state index in [0.29, 0.717) is 0 Å². The highest BCUT2D eigenvalue weighted by atomic mass is 15.3. The zero-order valence-electron chi connectivity index (χ0n) is 9.91. The summed E-state index contributed by atoms with van der Waals surface area (Å²) in [5, 5.41) is 3.78. The van der Waals surface area contributed by atoms with Crippen LogP contribution in [-0.2, 0) is 0 Å². The van der Waals surface area contributed by atoms with Crippen LogP contribution in [0, 0.1) is 11.8 Å². The van der Waals surface area contributed by atoms with Crippen molar-refractivity contribution < 1.29 is 0 Å². The van der Waals surface area contributed by atoms with Crippen LogP contribution in [0.1, 0.15) is 45.4 Å². The molecule has 15 heavy (non-hydrogen) atoms. The van der Waals surface area contributed by atoms with Crippen LogP contribution in [0.5, 0.6) is 0 Å². The van der Waals surface area contributed by atoms with Crippen molar-refractivity contribution in [1.29, 1.82) is 0 Å². The van der Waals surface area contributed by atoms with Crippen LogP contribution >= 0.6 is 0 Å². The first-order valence-corrected chi connectivity index (χ1v) is 6.87. The van der Waals surface area contributed by atoms with Gasteiger partial charge < -0.3 is 5.32 Å². The molecule has 2 aliphatic carbocycles. The molecule has 3 fully saturated rings. The Hall–Kier alpha value is -0.0800. The molecule has 0 radical (unpaired) electrons. The Kier molecular flexibility index (Phi) is 2.73. The van der Waals surface area contributed by atoms with Crippen LogP contribution in [-0.4, -0.2) is 30.2 Å². The van der Waals surface area contributed by atoms with Gasteiger partial charge in [0, 0.05) is 18.8 Å². The van der Waals surface area contributed by atoms with Gasteiger partial charge in [0.25, 0.3) is 0 Å². The maximum absolute atomic E-state index is 3.78. The Labute approximate surface area is 93.4 Å². The smallest absolute Gasteiger partial charge is 0.0485 e. The normalized spacial score (nSPS) is 46.2. The summed E-state index contributed by atoms with van der Waals surface area (Å²) >= 11 is 0. The fraction of sp³-hybridized carbons (Fsp3) is 1.00. The lowest BCUT2D eigenvalue weighted by Gasteiger charge is -2.54. The van der Waals surface area contributed by atoms with Gasteiger partial charge >= 0.3 is 0 Å². The van der Waals surface area contributed by atoms with Crippen molar-refractivity contribution in [3.8, 4) is 0 Å². The van der Waals surface area contributed by atoms with Crippen LogP contribution in [0.2, 0.25) is 0 Å². The van der Waals surface area contributed by atoms with Crippen molar-refractivity contribution in [2.45, 2.75) is 57.5 Å². The third-order valence-electron chi connectivity index (χ3n) is 5.05. The van der Waals surface area contributed by atoms with E-state index in [1.165, 1.54) is 45.1 Å². The van der Waals surface area contributed by atoms with Crippen LogP contribution < -0.4 is 5.32 Å². The molecule has 0 aromatic rings. The van der Waals surface area contributed by atoms with E-state index < -0.39 is 0 Å². The molecule has 2 heteroatoms. The highest BCUT2D eigenvalue weighted by molar-refractivity contribution is 4.99. The Bertz CT molecular complexity index is 220. The third-order valence-corrected chi connectivity index (χ3v) is 5.05. The minimum Gasteiger partial charge on any atom is -0.301 e. The van der Waals surface area contributed by atoms with Gasteiger partial charge in [-0.1, -0.05) is 32.6 Å². The Morgan fingerprint density at radius 2 is 1.93 bits per heavy atom. The van der Waals surface area contributed by atoms with E-state index in [1.54, 1.807) is 0 Å². The molecule has 3 rings (SSSR count). The molecule has 0 bridgehead atoms. The molecule has 86 valence electrons. The Balaban J connectivity index is 1.82. The number of hydrogen-bond donors (Lipinski definition) is 1. The van der Waals surface area contributed by atoms with Crippen molar-refractivity contribution in [3.05, 3.63) is 0 Å². The second kappa shape index (κ2) is 4.06. The van der Waals surface area contributed by atoms with Gasteiger partial charge in [0.2, 0.25) is 0 Å². The summed E-state index contributed by atoms with van der Waals surface area (Å²) in [6, 6.07) is 1.78. The van der Waals surface area contributed by atoms with Crippen LogP contribution in [0.4, 0.5) is 0 Å². The minimum absolute atomic E-state index is 0.858. The lowest BCUT2D eigenvalue weighted by Crippen LogP contribution is -2.63. The summed E-state index contributed by atoms with van der Waals surface area (Å²) in [6.07, 6.45) is 8.88. The summed E-state index contributed by atoms with van der Waals surface area (Å²) in [7, 11) is 0. The first-order chi connectivity index (χ1) is 7.40. The zero-order valence-corrected chi connectivity index (χ0v) is 9.91. The maximum atomic E-state index is 3.78. The van der Waals surface area contributed by atoms with Crippen molar-refractivity contribution in [1.82, 2.24) is 10.2 Å². The Morgan fingerprint density at radius 3 is 2.73 bits per heavy atom. The largest absolute Gasteiger partial charge is 0.301 e. The van der Waals surface area contributed by atoms with Gasteiger partial charge in [-0.25, -0.2) is 0 Å². The summed E-state index contributed by atoms with van der Waals surface area (Å²) in [5.41, 5.74) is 0. The van der Waals surface area contributed by atoms with E-state index in [1.807, 2.05) is 0 Å². The van der Waals surface area contributed by atoms with E-state index in [4.69, 9.17) is 0 Å². The Morgan fingerprint density at radius 1 is 1.13 bits per heavy atom.